The number of Topliss-reactive ketones (excluding diaryl/α,β-unsaturated/α-hetero) is 1. The van der Waals surface area contributed by atoms with Crippen LogP contribution < -0.4 is 5.32 Å². The monoisotopic (exact) mass is 265 g/mol. The number of carbonyl (C=O) groups is 2. The van der Waals surface area contributed by atoms with Crippen LogP contribution in [-0.4, -0.2) is 41.7 Å². The van der Waals surface area contributed by atoms with E-state index in [1.165, 1.54) is 0 Å². The Morgan fingerprint density at radius 2 is 1.74 bits per heavy atom. The number of aliphatic hydroxyl groups excluding tert-OH is 2. The molecule has 0 fully saturated rings. The molecule has 0 aliphatic heterocycles. The van der Waals surface area contributed by atoms with Crippen LogP contribution in [0.3, 0.4) is 0 Å². The summed E-state index contributed by atoms with van der Waals surface area (Å²) in [5.41, 5.74) is 1.77. The summed E-state index contributed by atoms with van der Waals surface area (Å²) in [6.07, 6.45) is 0.496. The van der Waals surface area contributed by atoms with Crippen molar-refractivity contribution >= 4 is 11.7 Å². The maximum Gasteiger partial charge on any atom is 0.227 e. The molecule has 1 rings (SSSR count). The Morgan fingerprint density at radius 1 is 1.05 bits per heavy atom. The van der Waals surface area contributed by atoms with Gasteiger partial charge in [-0.1, -0.05) is 24.3 Å². The van der Waals surface area contributed by atoms with Crippen molar-refractivity contribution < 1.29 is 19.8 Å². The number of benzene rings is 1. The van der Waals surface area contributed by atoms with Gasteiger partial charge >= 0.3 is 0 Å². The standard InChI is InChI=1S/C14H19NO4/c16-7-5-11-3-1-2-4-12(11)9-13(18)10-14(19)15-6-8-17/h1-4,16-17H,5-10H2,(H,15,19). The molecule has 0 aliphatic rings. The van der Waals surface area contributed by atoms with Gasteiger partial charge in [-0.2, -0.15) is 0 Å². The Bertz CT molecular complexity index is 431. The fraction of sp³-hybridized carbons (Fsp3) is 0.429. The molecule has 5 heteroatoms. The van der Waals surface area contributed by atoms with Crippen LogP contribution in [0.25, 0.3) is 0 Å². The molecule has 0 unspecified atom stereocenters. The molecule has 3 N–H and O–H groups in total. The summed E-state index contributed by atoms with van der Waals surface area (Å²) in [6, 6.07) is 7.38. The molecule has 1 aromatic rings. The third-order valence-electron chi connectivity index (χ3n) is 2.68. The smallest absolute Gasteiger partial charge is 0.227 e. The maximum absolute atomic E-state index is 11.8. The summed E-state index contributed by atoms with van der Waals surface area (Å²) in [4.78, 5) is 23.1. The Balaban J connectivity index is 2.54. The zero-order valence-electron chi connectivity index (χ0n) is 10.8. The molecule has 1 aromatic carbocycles. The van der Waals surface area contributed by atoms with E-state index in [1.807, 2.05) is 24.3 Å². The Kier molecular flexibility index (Phi) is 6.78. The molecule has 104 valence electrons. The van der Waals surface area contributed by atoms with Crippen molar-refractivity contribution in [1.82, 2.24) is 5.32 Å². The lowest BCUT2D eigenvalue weighted by molar-refractivity contribution is -0.127. The molecule has 0 atom stereocenters. The maximum atomic E-state index is 11.8. The molecular weight excluding hydrogens is 246 g/mol. The lowest BCUT2D eigenvalue weighted by Crippen LogP contribution is -2.28. The number of hydrogen-bond donors (Lipinski definition) is 3. The highest BCUT2D eigenvalue weighted by atomic mass is 16.3. The van der Waals surface area contributed by atoms with Gasteiger partial charge in [0.25, 0.3) is 0 Å². The van der Waals surface area contributed by atoms with E-state index in [9.17, 15) is 9.59 Å². The fourth-order valence-corrected chi connectivity index (χ4v) is 1.81. The minimum atomic E-state index is -0.376. The highest BCUT2D eigenvalue weighted by Gasteiger charge is 2.11. The summed E-state index contributed by atoms with van der Waals surface area (Å²) < 4.78 is 0. The average molecular weight is 265 g/mol. The van der Waals surface area contributed by atoms with E-state index in [4.69, 9.17) is 10.2 Å². The Hall–Kier alpha value is -1.72. The van der Waals surface area contributed by atoms with Gasteiger partial charge in [0, 0.05) is 19.6 Å². The van der Waals surface area contributed by atoms with Crippen molar-refractivity contribution in [3.05, 3.63) is 35.4 Å². The first-order chi connectivity index (χ1) is 9.17. The molecule has 5 nitrogen and oxygen atoms in total. The highest BCUT2D eigenvalue weighted by molar-refractivity contribution is 5.98. The Morgan fingerprint density at radius 3 is 2.37 bits per heavy atom. The first-order valence-electron chi connectivity index (χ1n) is 6.24. The minimum Gasteiger partial charge on any atom is -0.396 e. The molecular formula is C14H19NO4. The topological polar surface area (TPSA) is 86.6 Å². The highest BCUT2D eigenvalue weighted by Crippen LogP contribution is 2.11. The molecule has 0 bridgehead atoms. The molecule has 0 heterocycles. The van der Waals surface area contributed by atoms with Gasteiger partial charge in [0.05, 0.1) is 13.0 Å². The van der Waals surface area contributed by atoms with E-state index >= 15 is 0 Å². The SMILES string of the molecule is O=C(CC(=O)NCCO)Cc1ccccc1CCO. The summed E-state index contributed by atoms with van der Waals surface area (Å²) in [7, 11) is 0. The zero-order valence-corrected chi connectivity index (χ0v) is 10.8. The van der Waals surface area contributed by atoms with Crippen molar-refractivity contribution in [2.24, 2.45) is 0 Å². The lowest BCUT2D eigenvalue weighted by atomic mass is 9.99. The summed E-state index contributed by atoms with van der Waals surface area (Å²) in [6.45, 7) is 0.0503. The van der Waals surface area contributed by atoms with E-state index in [0.29, 0.717) is 6.42 Å². The van der Waals surface area contributed by atoms with Crippen molar-refractivity contribution in [2.75, 3.05) is 19.8 Å². The predicted octanol–water partition coefficient (Wildman–Crippen LogP) is -0.168. The quantitative estimate of drug-likeness (QED) is 0.570. The van der Waals surface area contributed by atoms with Crippen LogP contribution in [0.4, 0.5) is 0 Å². The van der Waals surface area contributed by atoms with Crippen LogP contribution in [-0.2, 0) is 22.4 Å². The molecule has 0 radical (unpaired) electrons. The van der Waals surface area contributed by atoms with Crippen LogP contribution in [0, 0.1) is 0 Å². The van der Waals surface area contributed by atoms with E-state index in [2.05, 4.69) is 5.32 Å². The average Bonchev–Trinajstić information content (AvgIpc) is 2.39. The lowest BCUT2D eigenvalue weighted by Gasteiger charge is -2.08. The second-order valence-corrected chi connectivity index (χ2v) is 4.21. The first kappa shape index (κ1) is 15.3. The van der Waals surface area contributed by atoms with E-state index in [0.717, 1.165) is 11.1 Å². The van der Waals surface area contributed by atoms with Gasteiger partial charge in [0.15, 0.2) is 0 Å². The van der Waals surface area contributed by atoms with Crippen molar-refractivity contribution in [1.29, 1.82) is 0 Å². The van der Waals surface area contributed by atoms with E-state index < -0.39 is 0 Å². The van der Waals surface area contributed by atoms with Gasteiger partial charge in [0.2, 0.25) is 5.91 Å². The molecule has 1 amide bonds. The molecule has 0 aromatic heterocycles. The van der Waals surface area contributed by atoms with Gasteiger partial charge in [-0.05, 0) is 17.5 Å². The third-order valence-corrected chi connectivity index (χ3v) is 2.68. The molecule has 0 saturated heterocycles. The second-order valence-electron chi connectivity index (χ2n) is 4.21. The number of rotatable bonds is 8. The largest absolute Gasteiger partial charge is 0.396 e. The number of carbonyl (C=O) groups excluding carboxylic acids is 2. The predicted molar refractivity (Wildman–Crippen MR) is 70.7 cm³/mol. The molecule has 0 spiro atoms. The van der Waals surface area contributed by atoms with Crippen molar-refractivity contribution in [3.8, 4) is 0 Å². The van der Waals surface area contributed by atoms with Crippen LogP contribution in [0.1, 0.15) is 17.5 Å². The fourth-order valence-electron chi connectivity index (χ4n) is 1.81. The first-order valence-corrected chi connectivity index (χ1v) is 6.24. The third kappa shape index (κ3) is 5.63. The number of amides is 1. The number of hydrogen-bond acceptors (Lipinski definition) is 4. The molecule has 0 aliphatic carbocycles. The molecule has 19 heavy (non-hydrogen) atoms. The van der Waals surface area contributed by atoms with Crippen LogP contribution in [0.2, 0.25) is 0 Å². The normalized spacial score (nSPS) is 10.2. The van der Waals surface area contributed by atoms with Crippen LogP contribution in [0.5, 0.6) is 0 Å². The summed E-state index contributed by atoms with van der Waals surface area (Å²) in [5, 5.41) is 19.9. The van der Waals surface area contributed by atoms with Gasteiger partial charge < -0.3 is 15.5 Å². The number of ketones is 1. The molecule has 0 saturated carbocycles. The van der Waals surface area contributed by atoms with Gasteiger partial charge in [-0.3, -0.25) is 9.59 Å². The van der Waals surface area contributed by atoms with E-state index in [-0.39, 0.29) is 44.3 Å². The van der Waals surface area contributed by atoms with Gasteiger partial charge in [-0.25, -0.2) is 0 Å². The number of aliphatic hydroxyl groups is 2. The second kappa shape index (κ2) is 8.39. The van der Waals surface area contributed by atoms with Crippen molar-refractivity contribution in [2.45, 2.75) is 19.3 Å². The van der Waals surface area contributed by atoms with Gasteiger partial charge in [0.1, 0.15) is 5.78 Å². The summed E-state index contributed by atoms with van der Waals surface area (Å²) >= 11 is 0. The van der Waals surface area contributed by atoms with Gasteiger partial charge in [-0.15, -0.1) is 0 Å². The van der Waals surface area contributed by atoms with Crippen LogP contribution in [0.15, 0.2) is 24.3 Å². The minimum absolute atomic E-state index is 0.0300. The van der Waals surface area contributed by atoms with Crippen LogP contribution >= 0.6 is 0 Å². The van der Waals surface area contributed by atoms with E-state index in [1.54, 1.807) is 0 Å². The zero-order chi connectivity index (χ0) is 14.1. The Labute approximate surface area is 112 Å². The summed E-state index contributed by atoms with van der Waals surface area (Å²) in [5.74, 6) is -0.556. The van der Waals surface area contributed by atoms with Crippen molar-refractivity contribution in [3.63, 3.8) is 0 Å². The number of nitrogens with one attached hydrogen (secondary N) is 1.